The zero-order chi connectivity index (χ0) is 16.8. The lowest BCUT2D eigenvalue weighted by atomic mass is 10.1. The zero-order valence-corrected chi connectivity index (χ0v) is 13.2. The van der Waals surface area contributed by atoms with Crippen molar-refractivity contribution in [1.29, 1.82) is 0 Å². The number of hydrogen-bond acceptors (Lipinski definition) is 3. The number of amides is 1. The summed E-state index contributed by atoms with van der Waals surface area (Å²) in [6, 6.07) is 3.40. The van der Waals surface area contributed by atoms with E-state index in [1.165, 1.54) is 31.0 Å². The number of carbonyl (C=O) groups is 1. The molecule has 1 aromatic carbocycles. The molecule has 0 heterocycles. The molecular weight excluding hydrogens is 315 g/mol. The molecule has 3 nitrogen and oxygen atoms in total. The number of likely N-dealkylation sites (N-methyl/N-ethyl adjacent to an activating group) is 1. The first kappa shape index (κ1) is 18.6. The molecule has 0 aliphatic carbocycles. The second-order valence-corrected chi connectivity index (χ2v) is 5.78. The van der Waals surface area contributed by atoms with Gasteiger partial charge in [0.25, 0.3) is 5.91 Å². The smallest absolute Gasteiger partial charge is 0.286 e. The maximum Gasteiger partial charge on any atom is 0.416 e. The molecule has 1 rings (SSSR count). The highest BCUT2D eigenvalue weighted by Gasteiger charge is 2.30. The molecule has 0 spiro atoms. The third kappa shape index (κ3) is 5.73. The van der Waals surface area contributed by atoms with Crippen LogP contribution in [0.4, 0.5) is 13.2 Å². The fourth-order valence-electron chi connectivity index (χ4n) is 1.57. The monoisotopic (exact) mass is 333 g/mol. The third-order valence-corrected chi connectivity index (χ3v) is 3.98. The van der Waals surface area contributed by atoms with Crippen molar-refractivity contribution in [3.8, 4) is 0 Å². The average Bonchev–Trinajstić information content (AvgIpc) is 2.44. The van der Waals surface area contributed by atoms with Gasteiger partial charge in [-0.15, -0.1) is 11.8 Å². The van der Waals surface area contributed by atoms with Gasteiger partial charge in [0.1, 0.15) is 0 Å². The van der Waals surface area contributed by atoms with E-state index in [-0.39, 0.29) is 0 Å². The summed E-state index contributed by atoms with van der Waals surface area (Å²) >= 11 is 1.32. The molecule has 0 radical (unpaired) electrons. The Bertz CT molecular complexity index is 542. The van der Waals surface area contributed by atoms with Gasteiger partial charge >= 0.3 is 6.18 Å². The van der Waals surface area contributed by atoms with E-state index in [0.29, 0.717) is 21.3 Å². The van der Waals surface area contributed by atoms with Crippen LogP contribution in [0.5, 0.6) is 0 Å². The highest BCUT2D eigenvalue weighted by atomic mass is 32.2. The summed E-state index contributed by atoms with van der Waals surface area (Å²) in [5.41, 5.74) is -0.196. The minimum absolute atomic E-state index is 0.407. The van der Waals surface area contributed by atoms with Crippen molar-refractivity contribution in [3.63, 3.8) is 0 Å². The van der Waals surface area contributed by atoms with Gasteiger partial charge in [0, 0.05) is 18.0 Å². The van der Waals surface area contributed by atoms with Crippen molar-refractivity contribution < 1.29 is 23.2 Å². The second-order valence-electron chi connectivity index (χ2n) is 4.65. The van der Waals surface area contributed by atoms with Crippen molar-refractivity contribution in [1.82, 2.24) is 5.06 Å². The van der Waals surface area contributed by atoms with Gasteiger partial charge in [-0.25, -0.2) is 5.06 Å². The highest BCUT2D eigenvalue weighted by molar-refractivity contribution is 7.99. The van der Waals surface area contributed by atoms with E-state index >= 15 is 0 Å². The second kappa shape index (κ2) is 8.24. The predicted octanol–water partition coefficient (Wildman–Crippen LogP) is 4.46. The van der Waals surface area contributed by atoms with E-state index in [2.05, 4.69) is 0 Å². The van der Waals surface area contributed by atoms with Crippen LogP contribution >= 0.6 is 11.8 Å². The van der Waals surface area contributed by atoms with Crippen molar-refractivity contribution in [2.45, 2.75) is 30.8 Å². The van der Waals surface area contributed by atoms with Crippen LogP contribution in [0.15, 0.2) is 29.2 Å². The Morgan fingerprint density at radius 2 is 2.09 bits per heavy atom. The molecule has 0 aromatic heterocycles. The van der Waals surface area contributed by atoms with Crippen LogP contribution in [-0.4, -0.2) is 29.0 Å². The van der Waals surface area contributed by atoms with Gasteiger partial charge in [0.2, 0.25) is 0 Å². The van der Waals surface area contributed by atoms with Gasteiger partial charge in [-0.05, 0) is 35.9 Å². The number of carbonyl (C=O) groups excluding carboxylic acids is 1. The number of nitrogens with zero attached hydrogens (tertiary/aromatic N) is 1. The van der Waals surface area contributed by atoms with Gasteiger partial charge in [0.05, 0.1) is 5.56 Å². The molecule has 0 saturated carbocycles. The van der Waals surface area contributed by atoms with Crippen LogP contribution in [-0.2, 0) is 11.0 Å². The molecule has 0 aliphatic heterocycles. The number of unbranched alkanes of at least 4 members (excludes halogenated alkanes) is 1. The van der Waals surface area contributed by atoms with Gasteiger partial charge < -0.3 is 0 Å². The van der Waals surface area contributed by atoms with Gasteiger partial charge in [0.15, 0.2) is 0 Å². The normalized spacial score (nSPS) is 11.9. The maximum absolute atomic E-state index is 12.8. The molecule has 0 aliphatic rings. The van der Waals surface area contributed by atoms with Crippen LogP contribution in [0.25, 0.3) is 6.08 Å². The van der Waals surface area contributed by atoms with Gasteiger partial charge in [-0.1, -0.05) is 19.4 Å². The molecule has 0 unspecified atom stereocenters. The minimum Gasteiger partial charge on any atom is -0.286 e. The molecule has 7 heteroatoms. The van der Waals surface area contributed by atoms with Crippen molar-refractivity contribution >= 4 is 23.7 Å². The molecule has 122 valence electrons. The predicted molar refractivity (Wildman–Crippen MR) is 80.7 cm³/mol. The molecule has 1 N–H and O–H groups in total. The molecular formula is C15H18F3NO2S. The van der Waals surface area contributed by atoms with Crippen LogP contribution in [0.2, 0.25) is 0 Å². The summed E-state index contributed by atoms with van der Waals surface area (Å²) in [5, 5.41) is 9.38. The molecule has 22 heavy (non-hydrogen) atoms. The third-order valence-electron chi connectivity index (χ3n) is 2.82. The fourth-order valence-corrected chi connectivity index (χ4v) is 2.73. The van der Waals surface area contributed by atoms with Crippen molar-refractivity contribution in [3.05, 3.63) is 35.4 Å². The molecule has 0 bridgehead atoms. The van der Waals surface area contributed by atoms with E-state index in [4.69, 9.17) is 5.21 Å². The standard InChI is InChI=1S/C15H18F3NO2S/c1-3-4-9-22-13-10-12(15(16,17)18)7-5-11(13)6-8-14(20)19(2)21/h5-8,10,21H,3-4,9H2,1-2H3. The quantitative estimate of drug-likeness (QED) is 0.275. The number of halogens is 3. The van der Waals surface area contributed by atoms with Gasteiger partial charge in [-0.2, -0.15) is 13.2 Å². The molecule has 0 saturated heterocycles. The number of alkyl halides is 3. The first-order valence-electron chi connectivity index (χ1n) is 6.74. The van der Waals surface area contributed by atoms with E-state index < -0.39 is 17.6 Å². The summed E-state index contributed by atoms with van der Waals surface area (Å²) in [7, 11) is 1.18. The van der Waals surface area contributed by atoms with Crippen LogP contribution < -0.4 is 0 Å². The number of thioether (sulfide) groups is 1. The maximum atomic E-state index is 12.8. The Morgan fingerprint density at radius 1 is 1.41 bits per heavy atom. The van der Waals surface area contributed by atoms with E-state index in [9.17, 15) is 18.0 Å². The van der Waals surface area contributed by atoms with Crippen LogP contribution in [0, 0.1) is 0 Å². The first-order chi connectivity index (χ1) is 10.3. The lowest BCUT2D eigenvalue weighted by molar-refractivity contribution is -0.153. The number of hydroxylamine groups is 2. The van der Waals surface area contributed by atoms with E-state index in [1.807, 2.05) is 6.92 Å². The summed E-state index contributed by atoms with van der Waals surface area (Å²) in [6.45, 7) is 2.00. The largest absolute Gasteiger partial charge is 0.416 e. The first-order valence-corrected chi connectivity index (χ1v) is 7.73. The molecule has 1 aromatic rings. The average molecular weight is 333 g/mol. The summed E-state index contributed by atoms with van der Waals surface area (Å²) in [5.74, 6) is 0.0522. The van der Waals surface area contributed by atoms with E-state index in [1.54, 1.807) is 0 Å². The lowest BCUT2D eigenvalue weighted by Gasteiger charge is -2.11. The van der Waals surface area contributed by atoms with Crippen LogP contribution in [0.1, 0.15) is 30.9 Å². The highest BCUT2D eigenvalue weighted by Crippen LogP contribution is 2.34. The Hall–Kier alpha value is -1.47. The Labute approximate surface area is 131 Å². The molecule has 1 amide bonds. The fraction of sp³-hybridized carbons (Fsp3) is 0.400. The van der Waals surface area contributed by atoms with Gasteiger partial charge in [-0.3, -0.25) is 10.0 Å². The summed E-state index contributed by atoms with van der Waals surface area (Å²) < 4.78 is 38.4. The number of rotatable bonds is 6. The van der Waals surface area contributed by atoms with Crippen molar-refractivity contribution in [2.24, 2.45) is 0 Å². The summed E-state index contributed by atoms with van der Waals surface area (Å²) in [6.07, 6.45) is -0.0350. The lowest BCUT2D eigenvalue weighted by Crippen LogP contribution is -2.19. The number of benzene rings is 1. The molecule has 0 fully saturated rings. The summed E-state index contributed by atoms with van der Waals surface area (Å²) in [4.78, 5) is 11.8. The molecule has 0 atom stereocenters. The minimum atomic E-state index is -4.40. The topological polar surface area (TPSA) is 40.5 Å². The Balaban J connectivity index is 3.06. The van der Waals surface area contributed by atoms with Crippen molar-refractivity contribution in [2.75, 3.05) is 12.8 Å². The Kier molecular flexibility index (Phi) is 6.96. The number of hydrogen-bond donors (Lipinski definition) is 1. The van der Waals surface area contributed by atoms with Crippen LogP contribution in [0.3, 0.4) is 0 Å². The van der Waals surface area contributed by atoms with E-state index in [0.717, 1.165) is 31.1 Å². The SMILES string of the molecule is CCCCSc1cc(C(F)(F)F)ccc1C=CC(=O)N(C)O. The zero-order valence-electron chi connectivity index (χ0n) is 12.4. The Morgan fingerprint density at radius 3 is 2.64 bits per heavy atom.